The fraction of sp³-hybridized carbons (Fsp3) is 0.278. The van der Waals surface area contributed by atoms with Gasteiger partial charge in [0.1, 0.15) is 0 Å². The van der Waals surface area contributed by atoms with E-state index in [0.717, 1.165) is 11.3 Å². The molecule has 0 radical (unpaired) electrons. The van der Waals surface area contributed by atoms with Crippen LogP contribution in [-0.4, -0.2) is 36.1 Å². The maximum atomic E-state index is 12.2. The van der Waals surface area contributed by atoms with Gasteiger partial charge in [-0.05, 0) is 43.3 Å². The highest BCUT2D eigenvalue weighted by molar-refractivity contribution is 5.93. The van der Waals surface area contributed by atoms with Crippen LogP contribution in [0.3, 0.4) is 0 Å². The summed E-state index contributed by atoms with van der Waals surface area (Å²) in [5.74, 6) is 1.25. The number of nitro benzene ring substituents is 1. The maximum Gasteiger partial charge on any atom is 0.269 e. The smallest absolute Gasteiger partial charge is 0.269 e. The molecule has 0 saturated carbocycles. The third-order valence-electron chi connectivity index (χ3n) is 4.00. The summed E-state index contributed by atoms with van der Waals surface area (Å²) in [6.07, 6.45) is 0. The second-order valence-corrected chi connectivity index (χ2v) is 6.16. The summed E-state index contributed by atoms with van der Waals surface area (Å²) >= 11 is 0. The number of carbonyl (C=O) groups is 1. The first-order valence-electron chi connectivity index (χ1n) is 8.04. The fourth-order valence-electron chi connectivity index (χ4n) is 2.74. The molecule has 2 aromatic rings. The summed E-state index contributed by atoms with van der Waals surface area (Å²) in [6, 6.07) is 10.0. The number of hydrogen-bond donors (Lipinski definition) is 1. The predicted molar refractivity (Wildman–Crippen MR) is 95.4 cm³/mol. The predicted octanol–water partition coefficient (Wildman–Crippen LogP) is 2.70. The maximum absolute atomic E-state index is 12.2. The van der Waals surface area contributed by atoms with Gasteiger partial charge in [-0.1, -0.05) is 6.07 Å². The number of anilines is 1. The van der Waals surface area contributed by atoms with Gasteiger partial charge < -0.3 is 14.8 Å². The van der Waals surface area contributed by atoms with Crippen LogP contribution < -0.4 is 14.8 Å². The third kappa shape index (κ3) is 4.09. The van der Waals surface area contributed by atoms with E-state index in [-0.39, 0.29) is 24.9 Å². The van der Waals surface area contributed by atoms with Crippen LogP contribution in [0.2, 0.25) is 0 Å². The first kappa shape index (κ1) is 17.7. The molecule has 1 N–H and O–H groups in total. The van der Waals surface area contributed by atoms with Gasteiger partial charge in [-0.3, -0.25) is 19.8 Å². The fourth-order valence-corrected chi connectivity index (χ4v) is 2.74. The van der Waals surface area contributed by atoms with Crippen LogP contribution in [0.25, 0.3) is 0 Å². The van der Waals surface area contributed by atoms with E-state index in [1.165, 1.54) is 12.1 Å². The van der Waals surface area contributed by atoms with Gasteiger partial charge in [-0.25, -0.2) is 0 Å². The van der Waals surface area contributed by atoms with Crippen molar-refractivity contribution in [2.75, 3.05) is 25.7 Å². The van der Waals surface area contributed by atoms with Crippen molar-refractivity contribution >= 4 is 17.3 Å². The number of hydrogen-bond acceptors (Lipinski definition) is 6. The molecule has 1 aliphatic rings. The van der Waals surface area contributed by atoms with Crippen molar-refractivity contribution < 1.29 is 19.2 Å². The number of nitrogens with zero attached hydrogens (tertiary/aromatic N) is 2. The van der Waals surface area contributed by atoms with E-state index in [1.807, 2.05) is 30.1 Å². The Bertz CT molecular complexity index is 853. The second-order valence-electron chi connectivity index (χ2n) is 6.16. The molecule has 0 atom stereocenters. The topological polar surface area (TPSA) is 93.9 Å². The van der Waals surface area contributed by atoms with E-state index in [4.69, 9.17) is 9.47 Å². The number of nitrogens with one attached hydrogen (secondary N) is 1. The normalized spacial score (nSPS) is 12.3. The van der Waals surface area contributed by atoms with Crippen molar-refractivity contribution in [3.8, 4) is 11.5 Å². The number of rotatable bonds is 6. The van der Waals surface area contributed by atoms with E-state index < -0.39 is 4.92 Å². The summed E-state index contributed by atoms with van der Waals surface area (Å²) in [5.41, 5.74) is 2.22. The lowest BCUT2D eigenvalue weighted by Crippen LogP contribution is -2.30. The Balaban J connectivity index is 1.57. The standard InChI is InChI=1S/C18H19N3O5/c1-12-7-14(21(23)24)4-5-15(12)19-18(22)10-20(2)9-13-3-6-16-17(8-13)26-11-25-16/h3-8H,9-11H2,1-2H3,(H,19,22). The first-order chi connectivity index (χ1) is 12.4. The Hall–Kier alpha value is -3.13. The molecular formula is C18H19N3O5. The molecule has 3 rings (SSSR count). The quantitative estimate of drug-likeness (QED) is 0.631. The molecular weight excluding hydrogens is 338 g/mol. The molecule has 2 aromatic carbocycles. The Morgan fingerprint density at radius 2 is 2.00 bits per heavy atom. The van der Waals surface area contributed by atoms with Crippen LogP contribution >= 0.6 is 0 Å². The highest BCUT2D eigenvalue weighted by Crippen LogP contribution is 2.32. The van der Waals surface area contributed by atoms with Crippen LogP contribution in [0.1, 0.15) is 11.1 Å². The van der Waals surface area contributed by atoms with Crippen LogP contribution in [0.15, 0.2) is 36.4 Å². The summed E-state index contributed by atoms with van der Waals surface area (Å²) < 4.78 is 10.6. The molecule has 1 heterocycles. The monoisotopic (exact) mass is 357 g/mol. The van der Waals surface area contributed by atoms with Gasteiger partial charge in [0.15, 0.2) is 11.5 Å². The molecule has 1 aliphatic heterocycles. The highest BCUT2D eigenvalue weighted by atomic mass is 16.7. The van der Waals surface area contributed by atoms with Crippen molar-refractivity contribution in [2.45, 2.75) is 13.5 Å². The van der Waals surface area contributed by atoms with Crippen LogP contribution in [0.4, 0.5) is 11.4 Å². The number of amides is 1. The van der Waals surface area contributed by atoms with Crippen molar-refractivity contribution in [3.63, 3.8) is 0 Å². The van der Waals surface area contributed by atoms with E-state index in [1.54, 1.807) is 13.0 Å². The largest absolute Gasteiger partial charge is 0.454 e. The van der Waals surface area contributed by atoms with E-state index in [9.17, 15) is 14.9 Å². The second kappa shape index (κ2) is 7.40. The Kier molecular flexibility index (Phi) is 5.04. The lowest BCUT2D eigenvalue weighted by Gasteiger charge is -2.17. The number of nitro groups is 1. The van der Waals surface area contributed by atoms with Gasteiger partial charge in [0.05, 0.1) is 11.5 Å². The molecule has 0 saturated heterocycles. The van der Waals surface area contributed by atoms with Crippen molar-refractivity contribution in [1.29, 1.82) is 0 Å². The van der Waals surface area contributed by atoms with Crippen LogP contribution in [0, 0.1) is 17.0 Å². The summed E-state index contributed by atoms with van der Waals surface area (Å²) in [5, 5.41) is 13.6. The SMILES string of the molecule is Cc1cc([N+](=O)[O-])ccc1NC(=O)CN(C)Cc1ccc2c(c1)OCO2. The number of non-ortho nitro benzene ring substituents is 1. The number of aryl methyl sites for hydroxylation is 1. The van der Waals surface area contributed by atoms with Gasteiger partial charge in [0, 0.05) is 24.4 Å². The molecule has 26 heavy (non-hydrogen) atoms. The number of ether oxygens (including phenoxy) is 2. The molecule has 0 aromatic heterocycles. The average Bonchev–Trinajstić information content (AvgIpc) is 3.04. The molecule has 0 bridgehead atoms. The van der Waals surface area contributed by atoms with Gasteiger partial charge in [0.25, 0.3) is 5.69 Å². The first-order valence-corrected chi connectivity index (χ1v) is 8.04. The number of fused-ring (bicyclic) bond motifs is 1. The van der Waals surface area contributed by atoms with Gasteiger partial charge >= 0.3 is 0 Å². The molecule has 8 heteroatoms. The zero-order valence-corrected chi connectivity index (χ0v) is 14.5. The lowest BCUT2D eigenvalue weighted by atomic mass is 10.1. The van der Waals surface area contributed by atoms with Crippen molar-refractivity contribution in [1.82, 2.24) is 4.90 Å². The lowest BCUT2D eigenvalue weighted by molar-refractivity contribution is -0.384. The van der Waals surface area contributed by atoms with Crippen molar-refractivity contribution in [2.24, 2.45) is 0 Å². The molecule has 0 fully saturated rings. The van der Waals surface area contributed by atoms with Gasteiger partial charge in [-0.2, -0.15) is 0 Å². The number of carbonyl (C=O) groups excluding carboxylic acids is 1. The Morgan fingerprint density at radius 1 is 1.23 bits per heavy atom. The van der Waals surface area contributed by atoms with Gasteiger partial charge in [0.2, 0.25) is 12.7 Å². The van der Waals surface area contributed by atoms with Crippen LogP contribution in [-0.2, 0) is 11.3 Å². The minimum Gasteiger partial charge on any atom is -0.454 e. The van der Waals surface area contributed by atoms with E-state index in [0.29, 0.717) is 23.5 Å². The minimum absolute atomic E-state index is 0.000394. The molecule has 1 amide bonds. The van der Waals surface area contributed by atoms with Crippen molar-refractivity contribution in [3.05, 3.63) is 57.6 Å². The van der Waals surface area contributed by atoms with Gasteiger partial charge in [-0.15, -0.1) is 0 Å². The molecule has 0 spiro atoms. The van der Waals surface area contributed by atoms with E-state index >= 15 is 0 Å². The zero-order valence-electron chi connectivity index (χ0n) is 14.5. The highest BCUT2D eigenvalue weighted by Gasteiger charge is 2.15. The minimum atomic E-state index is -0.461. The summed E-state index contributed by atoms with van der Waals surface area (Å²) in [6.45, 7) is 2.71. The number of likely N-dealkylation sites (N-methyl/N-ethyl adjacent to an activating group) is 1. The number of benzene rings is 2. The molecule has 136 valence electrons. The molecule has 8 nitrogen and oxygen atoms in total. The Labute approximate surface area is 150 Å². The molecule has 0 unspecified atom stereocenters. The zero-order chi connectivity index (χ0) is 18.7. The van der Waals surface area contributed by atoms with Crippen LogP contribution in [0.5, 0.6) is 11.5 Å². The average molecular weight is 357 g/mol. The Morgan fingerprint density at radius 3 is 2.73 bits per heavy atom. The summed E-state index contributed by atoms with van der Waals surface area (Å²) in [7, 11) is 1.84. The van der Waals surface area contributed by atoms with E-state index in [2.05, 4.69) is 5.32 Å². The molecule has 0 aliphatic carbocycles. The third-order valence-corrected chi connectivity index (χ3v) is 4.00. The summed E-state index contributed by atoms with van der Waals surface area (Å²) in [4.78, 5) is 24.4.